The van der Waals surface area contributed by atoms with Crippen molar-refractivity contribution in [1.29, 1.82) is 0 Å². The van der Waals surface area contributed by atoms with E-state index in [4.69, 9.17) is 17.3 Å². The molecule has 0 fully saturated rings. The molecule has 1 aliphatic carbocycles. The Morgan fingerprint density at radius 3 is 2.00 bits per heavy atom. The fourth-order valence-electron chi connectivity index (χ4n) is 0.811. The highest BCUT2D eigenvalue weighted by Gasteiger charge is 2.50. The van der Waals surface area contributed by atoms with Gasteiger partial charge in [0.15, 0.2) is 4.87 Å². The van der Waals surface area contributed by atoms with Crippen molar-refractivity contribution in [2.75, 3.05) is 0 Å². The highest BCUT2D eigenvalue weighted by molar-refractivity contribution is 6.27. The molecule has 0 aromatic rings. The van der Waals surface area contributed by atoms with Gasteiger partial charge in [0.2, 0.25) is 0 Å². The van der Waals surface area contributed by atoms with Crippen LogP contribution in [-0.2, 0) is 0 Å². The van der Waals surface area contributed by atoms with Crippen molar-refractivity contribution in [1.82, 2.24) is 0 Å². The molecule has 0 saturated heterocycles. The summed E-state index contributed by atoms with van der Waals surface area (Å²) in [5, 5.41) is 0. The lowest BCUT2D eigenvalue weighted by Crippen LogP contribution is -2.38. The van der Waals surface area contributed by atoms with Crippen molar-refractivity contribution >= 4 is 11.6 Å². The summed E-state index contributed by atoms with van der Waals surface area (Å²) in [5.41, 5.74) is 5.30. The first kappa shape index (κ1) is 9.61. The highest BCUT2D eigenvalue weighted by Crippen LogP contribution is 2.39. The van der Waals surface area contributed by atoms with E-state index in [1.54, 1.807) is 0 Å². The van der Waals surface area contributed by atoms with Gasteiger partial charge in [-0.05, 0) is 0 Å². The zero-order valence-electron chi connectivity index (χ0n) is 5.98. The molecule has 0 amide bonds. The van der Waals surface area contributed by atoms with E-state index in [0.29, 0.717) is 0 Å². The molecule has 5 heteroatoms. The first-order valence-electron chi connectivity index (χ1n) is 3.25. The Morgan fingerprint density at radius 2 is 1.67 bits per heavy atom. The molecule has 0 radical (unpaired) electrons. The Morgan fingerprint density at radius 1 is 1.25 bits per heavy atom. The third-order valence-electron chi connectivity index (χ3n) is 1.56. The molecular formula is C7H7ClF3N. The lowest BCUT2D eigenvalue weighted by atomic mass is 10.00. The van der Waals surface area contributed by atoms with Crippen LogP contribution in [0.2, 0.25) is 0 Å². The SMILES string of the molecule is NC1C=CC(Cl)(C(F)(F)F)C=C1. The van der Waals surface area contributed by atoms with E-state index in [9.17, 15) is 13.2 Å². The maximum absolute atomic E-state index is 12.2. The zero-order chi connectivity index (χ0) is 9.41. The van der Waals surface area contributed by atoms with Gasteiger partial charge in [-0.3, -0.25) is 0 Å². The average molecular weight is 198 g/mol. The fraction of sp³-hybridized carbons (Fsp3) is 0.429. The highest BCUT2D eigenvalue weighted by atomic mass is 35.5. The van der Waals surface area contributed by atoms with Gasteiger partial charge in [0.05, 0.1) is 0 Å². The molecule has 0 spiro atoms. The number of rotatable bonds is 0. The van der Waals surface area contributed by atoms with Gasteiger partial charge < -0.3 is 5.73 Å². The molecule has 0 aromatic carbocycles. The van der Waals surface area contributed by atoms with Gasteiger partial charge in [0, 0.05) is 6.04 Å². The molecule has 2 N–H and O–H groups in total. The van der Waals surface area contributed by atoms with Gasteiger partial charge in [-0.25, -0.2) is 0 Å². The molecule has 1 rings (SSSR count). The Labute approximate surface area is 72.7 Å². The number of nitrogens with two attached hydrogens (primary N) is 1. The molecule has 0 heterocycles. The van der Waals surface area contributed by atoms with Crippen molar-refractivity contribution < 1.29 is 13.2 Å². The number of allylic oxidation sites excluding steroid dienone is 2. The molecule has 0 atom stereocenters. The normalized spacial score (nSPS) is 35.6. The summed E-state index contributed by atoms with van der Waals surface area (Å²) in [6, 6.07) is -0.473. The van der Waals surface area contributed by atoms with Gasteiger partial charge in [0.1, 0.15) is 0 Å². The first-order valence-corrected chi connectivity index (χ1v) is 3.63. The minimum absolute atomic E-state index is 0.473. The van der Waals surface area contributed by atoms with Gasteiger partial charge in [0.25, 0.3) is 0 Å². The molecule has 1 aliphatic rings. The van der Waals surface area contributed by atoms with Crippen molar-refractivity contribution in [2.24, 2.45) is 5.73 Å². The van der Waals surface area contributed by atoms with Crippen LogP contribution in [0.1, 0.15) is 0 Å². The van der Waals surface area contributed by atoms with Crippen LogP contribution < -0.4 is 5.73 Å². The van der Waals surface area contributed by atoms with Crippen LogP contribution in [0.5, 0.6) is 0 Å². The minimum atomic E-state index is -4.47. The number of hydrogen-bond acceptors (Lipinski definition) is 1. The third kappa shape index (κ3) is 1.64. The lowest BCUT2D eigenvalue weighted by molar-refractivity contribution is -0.139. The summed E-state index contributed by atoms with van der Waals surface area (Å²) in [6.07, 6.45) is -0.304. The largest absolute Gasteiger partial charge is 0.414 e. The Balaban J connectivity index is 2.89. The van der Waals surface area contributed by atoms with Gasteiger partial charge in [-0.2, -0.15) is 13.2 Å². The fourth-order valence-corrected chi connectivity index (χ4v) is 0.956. The summed E-state index contributed by atoms with van der Waals surface area (Å²) in [7, 11) is 0. The zero-order valence-corrected chi connectivity index (χ0v) is 6.73. The van der Waals surface area contributed by atoms with Crippen LogP contribution in [0.25, 0.3) is 0 Å². The monoisotopic (exact) mass is 197 g/mol. The van der Waals surface area contributed by atoms with Crippen molar-refractivity contribution in [3.05, 3.63) is 24.3 Å². The van der Waals surface area contributed by atoms with Gasteiger partial charge in [-0.15, -0.1) is 11.6 Å². The number of alkyl halides is 4. The smallest absolute Gasteiger partial charge is 0.321 e. The summed E-state index contributed by atoms with van der Waals surface area (Å²) < 4.78 is 36.5. The Bertz CT molecular complexity index is 217. The van der Waals surface area contributed by atoms with Crippen LogP contribution in [-0.4, -0.2) is 17.1 Å². The summed E-state index contributed by atoms with van der Waals surface area (Å²) >= 11 is 5.26. The van der Waals surface area contributed by atoms with Crippen LogP contribution >= 0.6 is 11.6 Å². The van der Waals surface area contributed by atoms with Crippen LogP contribution in [0.15, 0.2) is 24.3 Å². The number of halogens is 4. The molecule has 0 aliphatic heterocycles. The molecular weight excluding hydrogens is 191 g/mol. The second-order valence-corrected chi connectivity index (χ2v) is 3.19. The lowest BCUT2D eigenvalue weighted by Gasteiger charge is -2.25. The van der Waals surface area contributed by atoms with E-state index in [-0.39, 0.29) is 0 Å². The predicted molar refractivity (Wildman–Crippen MR) is 40.9 cm³/mol. The van der Waals surface area contributed by atoms with E-state index in [1.165, 1.54) is 12.2 Å². The molecule has 0 saturated carbocycles. The second-order valence-electron chi connectivity index (χ2n) is 2.56. The molecule has 0 unspecified atom stereocenters. The van der Waals surface area contributed by atoms with Crippen LogP contribution in [0.4, 0.5) is 13.2 Å². The van der Waals surface area contributed by atoms with E-state index in [0.717, 1.165) is 12.2 Å². The van der Waals surface area contributed by atoms with Crippen LogP contribution in [0.3, 0.4) is 0 Å². The molecule has 12 heavy (non-hydrogen) atoms. The minimum Gasteiger partial charge on any atom is -0.321 e. The van der Waals surface area contributed by atoms with Gasteiger partial charge in [-0.1, -0.05) is 24.3 Å². The van der Waals surface area contributed by atoms with E-state index in [1.807, 2.05) is 0 Å². The summed E-state index contributed by atoms with van der Waals surface area (Å²) in [6.45, 7) is 0. The Hall–Kier alpha value is -0.480. The quantitative estimate of drug-likeness (QED) is 0.466. The standard InChI is InChI=1S/C7H7ClF3N/c8-6(7(9,10)11)3-1-5(12)2-4-6/h1-5H,12H2. The summed E-state index contributed by atoms with van der Waals surface area (Å²) in [4.78, 5) is -2.37. The van der Waals surface area contributed by atoms with Crippen LogP contribution in [0, 0.1) is 0 Å². The van der Waals surface area contributed by atoms with Crippen molar-refractivity contribution in [3.63, 3.8) is 0 Å². The third-order valence-corrected chi connectivity index (χ3v) is 2.02. The van der Waals surface area contributed by atoms with E-state index < -0.39 is 17.1 Å². The molecule has 0 aromatic heterocycles. The Kier molecular flexibility index (Phi) is 2.23. The molecule has 68 valence electrons. The molecule has 0 bridgehead atoms. The van der Waals surface area contributed by atoms with E-state index >= 15 is 0 Å². The predicted octanol–water partition coefficient (Wildman–Crippen LogP) is 1.98. The topological polar surface area (TPSA) is 26.0 Å². The average Bonchev–Trinajstić information content (AvgIpc) is 1.93. The molecule has 1 nitrogen and oxygen atoms in total. The van der Waals surface area contributed by atoms with Crippen molar-refractivity contribution in [3.8, 4) is 0 Å². The summed E-state index contributed by atoms with van der Waals surface area (Å²) in [5.74, 6) is 0. The number of hydrogen-bond donors (Lipinski definition) is 1. The second kappa shape index (κ2) is 2.78. The maximum atomic E-state index is 12.2. The van der Waals surface area contributed by atoms with E-state index in [2.05, 4.69) is 0 Å². The van der Waals surface area contributed by atoms with Crippen molar-refractivity contribution in [2.45, 2.75) is 17.1 Å². The van der Waals surface area contributed by atoms with Gasteiger partial charge >= 0.3 is 6.18 Å². The first-order chi connectivity index (χ1) is 5.35. The maximum Gasteiger partial charge on any atom is 0.414 e.